The summed E-state index contributed by atoms with van der Waals surface area (Å²) >= 11 is 0. The summed E-state index contributed by atoms with van der Waals surface area (Å²) in [5.41, 5.74) is 6.89. The third kappa shape index (κ3) is 3.87. The van der Waals surface area contributed by atoms with Crippen molar-refractivity contribution >= 4 is 22.7 Å². The third-order valence-electron chi connectivity index (χ3n) is 6.20. The number of halogens is 1. The zero-order valence-electron chi connectivity index (χ0n) is 17.8. The van der Waals surface area contributed by atoms with E-state index in [9.17, 15) is 14.0 Å². The van der Waals surface area contributed by atoms with E-state index in [-0.39, 0.29) is 11.7 Å². The van der Waals surface area contributed by atoms with Crippen molar-refractivity contribution in [2.24, 2.45) is 0 Å². The van der Waals surface area contributed by atoms with E-state index in [0.29, 0.717) is 30.8 Å². The maximum atomic E-state index is 13.3. The fourth-order valence-electron chi connectivity index (χ4n) is 4.53. The number of rotatable bonds is 4. The molecule has 2 heterocycles. The van der Waals surface area contributed by atoms with Gasteiger partial charge in [0, 0.05) is 40.8 Å². The van der Waals surface area contributed by atoms with Gasteiger partial charge in [-0.05, 0) is 60.0 Å². The number of benzene rings is 3. The van der Waals surface area contributed by atoms with Crippen molar-refractivity contribution in [3.63, 3.8) is 0 Å². The molecular formula is C26H22FN3O3. The molecule has 0 saturated carbocycles. The van der Waals surface area contributed by atoms with Crippen molar-refractivity contribution in [1.29, 1.82) is 0 Å². The van der Waals surface area contributed by atoms with Crippen LogP contribution in [0.15, 0.2) is 72.8 Å². The highest BCUT2D eigenvalue weighted by atomic mass is 19.1. The Kier molecular flexibility index (Phi) is 5.40. The number of para-hydroxylation sites is 1. The summed E-state index contributed by atoms with van der Waals surface area (Å²) in [4.78, 5) is 26.5. The van der Waals surface area contributed by atoms with Crippen molar-refractivity contribution in [2.45, 2.75) is 19.5 Å². The zero-order chi connectivity index (χ0) is 22.9. The predicted octanol–water partition coefficient (Wildman–Crippen LogP) is 4.15. The van der Waals surface area contributed by atoms with Gasteiger partial charge in [-0.25, -0.2) is 9.87 Å². The van der Waals surface area contributed by atoms with Gasteiger partial charge in [0.2, 0.25) is 0 Å². The van der Waals surface area contributed by atoms with E-state index in [1.54, 1.807) is 22.5 Å². The first kappa shape index (κ1) is 20.9. The van der Waals surface area contributed by atoms with Crippen LogP contribution in [0, 0.1) is 5.82 Å². The fourth-order valence-corrected chi connectivity index (χ4v) is 4.53. The van der Waals surface area contributed by atoms with Crippen LogP contribution in [0.5, 0.6) is 0 Å². The molecule has 166 valence electrons. The Balaban J connectivity index is 1.49. The fraction of sp³-hybridized carbons (Fsp3) is 0.154. The highest BCUT2D eigenvalue weighted by Gasteiger charge is 2.27. The number of aromatic nitrogens is 1. The summed E-state index contributed by atoms with van der Waals surface area (Å²) in [6.07, 6.45) is 0.741. The van der Waals surface area contributed by atoms with E-state index >= 15 is 0 Å². The van der Waals surface area contributed by atoms with E-state index in [1.165, 1.54) is 35.2 Å². The number of hydrogen-bond acceptors (Lipinski definition) is 3. The number of hydrogen-bond donors (Lipinski definition) is 2. The SMILES string of the molecule is O=C(NO)c1ccc(Cn2c3c(c4ccccc42)CCN(C(=O)c2ccc(F)cc2)C3)cc1. The second-order valence-electron chi connectivity index (χ2n) is 8.15. The molecule has 0 radical (unpaired) electrons. The lowest BCUT2D eigenvalue weighted by molar-refractivity contribution is 0.0705. The molecule has 1 aliphatic rings. The summed E-state index contributed by atoms with van der Waals surface area (Å²) in [6, 6.07) is 20.9. The molecule has 1 aromatic heterocycles. The first-order valence-corrected chi connectivity index (χ1v) is 10.7. The topological polar surface area (TPSA) is 74.6 Å². The van der Waals surface area contributed by atoms with E-state index in [0.717, 1.165) is 23.2 Å². The zero-order valence-corrected chi connectivity index (χ0v) is 17.8. The van der Waals surface area contributed by atoms with Crippen LogP contribution in [0.2, 0.25) is 0 Å². The molecule has 0 aliphatic carbocycles. The molecule has 5 rings (SSSR count). The van der Waals surface area contributed by atoms with Gasteiger partial charge in [0.1, 0.15) is 5.82 Å². The molecule has 0 atom stereocenters. The van der Waals surface area contributed by atoms with Crippen molar-refractivity contribution in [1.82, 2.24) is 14.9 Å². The van der Waals surface area contributed by atoms with E-state index in [2.05, 4.69) is 16.7 Å². The molecule has 4 aromatic rings. The summed E-state index contributed by atoms with van der Waals surface area (Å²) < 4.78 is 15.5. The number of carbonyl (C=O) groups excluding carboxylic acids is 2. The first-order chi connectivity index (χ1) is 16.0. The molecule has 0 saturated heterocycles. The minimum absolute atomic E-state index is 0.114. The van der Waals surface area contributed by atoms with Gasteiger partial charge >= 0.3 is 0 Å². The van der Waals surface area contributed by atoms with Crippen molar-refractivity contribution in [2.75, 3.05) is 6.54 Å². The molecule has 3 aromatic carbocycles. The van der Waals surface area contributed by atoms with Crippen molar-refractivity contribution in [3.05, 3.63) is 107 Å². The highest BCUT2D eigenvalue weighted by Crippen LogP contribution is 2.32. The Morgan fingerprint density at radius 3 is 2.36 bits per heavy atom. The Morgan fingerprint density at radius 2 is 1.64 bits per heavy atom. The molecule has 0 unspecified atom stereocenters. The Morgan fingerprint density at radius 1 is 0.939 bits per heavy atom. The molecule has 7 heteroatoms. The minimum atomic E-state index is -0.555. The minimum Gasteiger partial charge on any atom is -0.338 e. The third-order valence-corrected chi connectivity index (χ3v) is 6.20. The van der Waals surface area contributed by atoms with Gasteiger partial charge in [-0.3, -0.25) is 14.8 Å². The largest absolute Gasteiger partial charge is 0.338 e. The van der Waals surface area contributed by atoms with Crippen LogP contribution >= 0.6 is 0 Å². The lowest BCUT2D eigenvalue weighted by Crippen LogP contribution is -2.36. The molecule has 2 amide bonds. The number of hydroxylamine groups is 1. The Bertz CT molecular complexity index is 1340. The van der Waals surface area contributed by atoms with Crippen LogP contribution in [-0.2, 0) is 19.5 Å². The molecule has 1 aliphatic heterocycles. The van der Waals surface area contributed by atoms with E-state index < -0.39 is 5.91 Å². The van der Waals surface area contributed by atoms with Gasteiger partial charge in [0.05, 0.1) is 6.54 Å². The van der Waals surface area contributed by atoms with Crippen LogP contribution in [0.1, 0.15) is 37.5 Å². The normalized spacial score (nSPS) is 13.1. The van der Waals surface area contributed by atoms with Gasteiger partial charge < -0.3 is 9.47 Å². The predicted molar refractivity (Wildman–Crippen MR) is 122 cm³/mol. The van der Waals surface area contributed by atoms with Gasteiger partial charge in [-0.15, -0.1) is 0 Å². The summed E-state index contributed by atoms with van der Waals surface area (Å²) in [6.45, 7) is 1.64. The van der Waals surface area contributed by atoms with E-state index in [4.69, 9.17) is 5.21 Å². The lowest BCUT2D eigenvalue weighted by atomic mass is 10.0. The quantitative estimate of drug-likeness (QED) is 0.368. The van der Waals surface area contributed by atoms with Crippen LogP contribution in [-0.4, -0.2) is 33.0 Å². The number of amides is 2. The average Bonchev–Trinajstić information content (AvgIpc) is 3.17. The second-order valence-corrected chi connectivity index (χ2v) is 8.15. The monoisotopic (exact) mass is 443 g/mol. The van der Waals surface area contributed by atoms with Crippen LogP contribution in [0.4, 0.5) is 4.39 Å². The number of nitrogens with one attached hydrogen (secondary N) is 1. The van der Waals surface area contributed by atoms with Gasteiger partial charge in [-0.2, -0.15) is 0 Å². The van der Waals surface area contributed by atoms with Gasteiger partial charge in [-0.1, -0.05) is 30.3 Å². The van der Waals surface area contributed by atoms with Gasteiger partial charge in [0.25, 0.3) is 11.8 Å². The number of nitrogens with zero attached hydrogens (tertiary/aromatic N) is 2. The Labute approximate surface area is 189 Å². The molecular weight excluding hydrogens is 421 g/mol. The highest BCUT2D eigenvalue weighted by molar-refractivity contribution is 5.95. The van der Waals surface area contributed by atoms with E-state index in [1.807, 2.05) is 24.3 Å². The molecule has 0 spiro atoms. The number of carbonyl (C=O) groups is 2. The maximum Gasteiger partial charge on any atom is 0.274 e. The summed E-state index contributed by atoms with van der Waals surface area (Å²) in [5, 5.41) is 10.0. The molecule has 2 N–H and O–H groups in total. The standard InChI is InChI=1S/C26H22FN3O3/c27-20-11-9-19(10-12-20)26(32)29-14-13-22-21-3-1-2-4-23(21)30(24(22)16-29)15-17-5-7-18(8-6-17)25(31)28-33/h1-12,33H,13-16H2,(H,28,31). The van der Waals surface area contributed by atoms with Crippen LogP contribution in [0.3, 0.4) is 0 Å². The van der Waals surface area contributed by atoms with Gasteiger partial charge in [0.15, 0.2) is 0 Å². The molecule has 0 fully saturated rings. The first-order valence-electron chi connectivity index (χ1n) is 10.7. The summed E-state index contributed by atoms with van der Waals surface area (Å²) in [5.74, 6) is -1.03. The Hall–Kier alpha value is -3.97. The lowest BCUT2D eigenvalue weighted by Gasteiger charge is -2.29. The second kappa shape index (κ2) is 8.52. The summed E-state index contributed by atoms with van der Waals surface area (Å²) in [7, 11) is 0. The van der Waals surface area contributed by atoms with Crippen molar-refractivity contribution < 1.29 is 19.2 Å². The van der Waals surface area contributed by atoms with Crippen molar-refractivity contribution in [3.8, 4) is 0 Å². The number of fused-ring (bicyclic) bond motifs is 3. The average molecular weight is 443 g/mol. The molecule has 0 bridgehead atoms. The van der Waals surface area contributed by atoms with Crippen LogP contribution < -0.4 is 5.48 Å². The smallest absolute Gasteiger partial charge is 0.274 e. The molecule has 6 nitrogen and oxygen atoms in total. The molecule has 33 heavy (non-hydrogen) atoms. The van der Waals surface area contributed by atoms with Crippen LogP contribution in [0.25, 0.3) is 10.9 Å². The maximum absolute atomic E-state index is 13.3.